The molecule has 1 aromatic heterocycles. The van der Waals surface area contributed by atoms with Crippen LogP contribution in [0.5, 0.6) is 5.75 Å². The topological polar surface area (TPSA) is 79.0 Å². The van der Waals surface area contributed by atoms with Gasteiger partial charge in [-0.3, -0.25) is 4.99 Å². The number of rotatable bonds is 9. The Morgan fingerprint density at radius 1 is 1.38 bits per heavy atom. The normalized spacial score (nSPS) is 15.9. The van der Waals surface area contributed by atoms with E-state index in [2.05, 4.69) is 15.6 Å². The number of aliphatic imine (C=N–C) groups is 1. The number of nitrogens with zero attached hydrogens (tertiary/aromatic N) is 1. The minimum absolute atomic E-state index is 0. The van der Waals surface area contributed by atoms with Gasteiger partial charge < -0.3 is 24.9 Å². The predicted molar refractivity (Wildman–Crippen MR) is 121 cm³/mol. The van der Waals surface area contributed by atoms with Crippen LogP contribution in [0.4, 0.5) is 4.39 Å². The molecule has 160 valence electrons. The number of hydrogen-bond donors (Lipinski definition) is 3. The van der Waals surface area contributed by atoms with Gasteiger partial charge in [-0.1, -0.05) is 6.07 Å². The lowest BCUT2D eigenvalue weighted by atomic mass is 10.1. The summed E-state index contributed by atoms with van der Waals surface area (Å²) in [6.45, 7) is 5.28. The Labute approximate surface area is 188 Å². The summed E-state index contributed by atoms with van der Waals surface area (Å²) in [6, 6.07) is 8.27. The molecule has 1 aliphatic carbocycles. The number of benzene rings is 1. The molecule has 6 nitrogen and oxygen atoms in total. The number of guanidine groups is 1. The van der Waals surface area contributed by atoms with E-state index in [1.165, 1.54) is 25.2 Å². The Morgan fingerprint density at radius 3 is 2.79 bits per heavy atom. The number of aliphatic hydroxyl groups excluding tert-OH is 1. The number of hydrogen-bond acceptors (Lipinski definition) is 4. The molecule has 0 amide bonds. The number of ether oxygens (including phenoxy) is 1. The van der Waals surface area contributed by atoms with Crippen LogP contribution in [0.1, 0.15) is 50.2 Å². The predicted octanol–water partition coefficient (Wildman–Crippen LogP) is 4.18. The Bertz CT molecular complexity index is 781. The van der Waals surface area contributed by atoms with Gasteiger partial charge >= 0.3 is 0 Å². The second-order valence-electron chi connectivity index (χ2n) is 7.06. The molecule has 3 rings (SSSR count). The molecular formula is C21H29FIN3O3. The summed E-state index contributed by atoms with van der Waals surface area (Å²) < 4.78 is 25.1. The summed E-state index contributed by atoms with van der Waals surface area (Å²) in [7, 11) is 0. The van der Waals surface area contributed by atoms with Crippen molar-refractivity contribution in [1.82, 2.24) is 10.6 Å². The highest BCUT2D eigenvalue weighted by Crippen LogP contribution is 2.30. The molecule has 1 aromatic carbocycles. The Hall–Kier alpha value is -1.81. The molecule has 0 radical (unpaired) electrons. The van der Waals surface area contributed by atoms with Crippen LogP contribution in [0.2, 0.25) is 0 Å². The van der Waals surface area contributed by atoms with E-state index in [-0.39, 0.29) is 42.4 Å². The lowest BCUT2D eigenvalue weighted by molar-refractivity contribution is 0.158. The van der Waals surface area contributed by atoms with Crippen LogP contribution in [0.25, 0.3) is 0 Å². The van der Waals surface area contributed by atoms with Crippen LogP contribution in [-0.2, 0) is 0 Å². The van der Waals surface area contributed by atoms with Crippen LogP contribution in [0, 0.1) is 11.7 Å². The summed E-state index contributed by atoms with van der Waals surface area (Å²) in [6.07, 6.45) is 3.03. The monoisotopic (exact) mass is 517 g/mol. The summed E-state index contributed by atoms with van der Waals surface area (Å²) >= 11 is 0. The van der Waals surface area contributed by atoms with E-state index in [1.54, 1.807) is 18.2 Å². The average molecular weight is 517 g/mol. The van der Waals surface area contributed by atoms with Crippen LogP contribution in [-0.4, -0.2) is 30.8 Å². The van der Waals surface area contributed by atoms with Gasteiger partial charge in [0.1, 0.15) is 11.9 Å². The van der Waals surface area contributed by atoms with Gasteiger partial charge in [-0.2, -0.15) is 0 Å². The van der Waals surface area contributed by atoms with Crippen molar-refractivity contribution in [3.8, 4) is 5.75 Å². The Kier molecular flexibility index (Phi) is 9.22. The first-order valence-corrected chi connectivity index (χ1v) is 9.75. The van der Waals surface area contributed by atoms with E-state index < -0.39 is 6.10 Å². The summed E-state index contributed by atoms with van der Waals surface area (Å²) in [5.74, 6) is 1.52. The minimum Gasteiger partial charge on any atom is -0.490 e. The first kappa shape index (κ1) is 23.5. The number of furan rings is 1. The van der Waals surface area contributed by atoms with Crippen molar-refractivity contribution in [1.29, 1.82) is 0 Å². The van der Waals surface area contributed by atoms with E-state index in [9.17, 15) is 9.50 Å². The van der Waals surface area contributed by atoms with Gasteiger partial charge in [-0.15, -0.1) is 24.0 Å². The molecule has 1 fully saturated rings. The first-order chi connectivity index (χ1) is 13.6. The highest BCUT2D eigenvalue weighted by Gasteiger charge is 2.22. The quantitative estimate of drug-likeness (QED) is 0.265. The molecule has 0 bridgehead atoms. The maximum atomic E-state index is 14.3. The average Bonchev–Trinajstić information content (AvgIpc) is 3.35. The molecule has 29 heavy (non-hydrogen) atoms. The Balaban J connectivity index is 0.00000300. The maximum absolute atomic E-state index is 14.3. The van der Waals surface area contributed by atoms with Crippen molar-refractivity contribution < 1.29 is 18.7 Å². The standard InChI is InChI=1S/C21H28FN3O3.HI/c1-3-23-21(24-12-18(26)20-5-4-10-27-20)25-14(2)16-8-9-19(17(22)11-16)28-13-15-6-7-15;/h4-5,8-11,14-15,18,26H,3,6-7,12-13H2,1-2H3,(H2,23,24,25);1H. The van der Waals surface area contributed by atoms with E-state index in [0.717, 1.165) is 5.56 Å². The van der Waals surface area contributed by atoms with Crippen molar-refractivity contribution in [3.05, 3.63) is 53.7 Å². The van der Waals surface area contributed by atoms with E-state index >= 15 is 0 Å². The third-order valence-corrected chi connectivity index (χ3v) is 4.62. The zero-order valence-electron chi connectivity index (χ0n) is 16.7. The van der Waals surface area contributed by atoms with Gasteiger partial charge in [0.05, 0.1) is 25.5 Å². The van der Waals surface area contributed by atoms with Gasteiger partial charge in [0.2, 0.25) is 0 Å². The molecule has 1 aliphatic rings. The van der Waals surface area contributed by atoms with Gasteiger partial charge in [-0.25, -0.2) is 4.39 Å². The zero-order valence-corrected chi connectivity index (χ0v) is 19.1. The highest BCUT2D eigenvalue weighted by molar-refractivity contribution is 14.0. The van der Waals surface area contributed by atoms with Crippen molar-refractivity contribution in [3.63, 3.8) is 0 Å². The first-order valence-electron chi connectivity index (χ1n) is 9.75. The molecule has 1 saturated carbocycles. The van der Waals surface area contributed by atoms with Gasteiger partial charge in [-0.05, 0) is 62.4 Å². The van der Waals surface area contributed by atoms with E-state index in [4.69, 9.17) is 9.15 Å². The lowest BCUT2D eigenvalue weighted by Crippen LogP contribution is -2.39. The molecule has 2 atom stereocenters. The van der Waals surface area contributed by atoms with Gasteiger partial charge in [0.15, 0.2) is 17.5 Å². The zero-order chi connectivity index (χ0) is 19.9. The molecule has 0 saturated heterocycles. The fourth-order valence-corrected chi connectivity index (χ4v) is 2.75. The third-order valence-electron chi connectivity index (χ3n) is 4.62. The van der Waals surface area contributed by atoms with Crippen LogP contribution >= 0.6 is 24.0 Å². The lowest BCUT2D eigenvalue weighted by Gasteiger charge is -2.19. The number of nitrogens with one attached hydrogen (secondary N) is 2. The van der Waals surface area contributed by atoms with Crippen molar-refractivity contribution in [2.45, 2.75) is 38.8 Å². The molecular weight excluding hydrogens is 488 g/mol. The third kappa shape index (κ3) is 7.18. The fraction of sp³-hybridized carbons (Fsp3) is 0.476. The largest absolute Gasteiger partial charge is 0.490 e. The van der Waals surface area contributed by atoms with Gasteiger partial charge in [0, 0.05) is 6.54 Å². The molecule has 2 aromatic rings. The van der Waals surface area contributed by atoms with E-state index in [1.807, 2.05) is 19.9 Å². The van der Waals surface area contributed by atoms with Crippen LogP contribution < -0.4 is 15.4 Å². The van der Waals surface area contributed by atoms with Crippen molar-refractivity contribution in [2.75, 3.05) is 19.7 Å². The summed E-state index contributed by atoms with van der Waals surface area (Å²) in [5, 5.41) is 16.5. The second-order valence-corrected chi connectivity index (χ2v) is 7.06. The fourth-order valence-electron chi connectivity index (χ4n) is 2.75. The van der Waals surface area contributed by atoms with Crippen LogP contribution in [0.15, 0.2) is 46.0 Å². The smallest absolute Gasteiger partial charge is 0.191 e. The summed E-state index contributed by atoms with van der Waals surface area (Å²) in [5.41, 5.74) is 0.786. The summed E-state index contributed by atoms with van der Waals surface area (Å²) in [4.78, 5) is 4.40. The maximum Gasteiger partial charge on any atom is 0.191 e. The molecule has 0 spiro atoms. The number of halogens is 2. The van der Waals surface area contributed by atoms with E-state index in [0.29, 0.717) is 36.5 Å². The molecule has 3 N–H and O–H groups in total. The molecule has 1 heterocycles. The highest BCUT2D eigenvalue weighted by atomic mass is 127. The SMILES string of the molecule is CCNC(=NCC(O)c1ccco1)NC(C)c1ccc(OCC2CC2)c(F)c1.I. The minimum atomic E-state index is -0.818. The molecule has 2 unspecified atom stereocenters. The molecule has 0 aliphatic heterocycles. The Morgan fingerprint density at radius 2 is 2.17 bits per heavy atom. The van der Waals surface area contributed by atoms with Crippen molar-refractivity contribution >= 4 is 29.9 Å². The van der Waals surface area contributed by atoms with Crippen molar-refractivity contribution in [2.24, 2.45) is 10.9 Å². The van der Waals surface area contributed by atoms with Gasteiger partial charge in [0.25, 0.3) is 0 Å². The number of aliphatic hydroxyl groups is 1. The molecule has 8 heteroatoms. The van der Waals surface area contributed by atoms with Crippen LogP contribution in [0.3, 0.4) is 0 Å². The second kappa shape index (κ2) is 11.4.